The Morgan fingerprint density at radius 2 is 2.33 bits per heavy atom. The van der Waals surface area contributed by atoms with Crippen molar-refractivity contribution in [2.75, 3.05) is 6.61 Å². The molecule has 1 saturated heterocycles. The summed E-state index contributed by atoms with van der Waals surface area (Å²) in [6.07, 6.45) is 5.26. The maximum atomic E-state index is 5.78. The molecule has 21 heavy (non-hydrogen) atoms. The van der Waals surface area contributed by atoms with Crippen LogP contribution in [0.2, 0.25) is 0 Å². The minimum Gasteiger partial charge on any atom is -0.378 e. The zero-order chi connectivity index (χ0) is 14.2. The summed E-state index contributed by atoms with van der Waals surface area (Å²) in [5.41, 5.74) is 1.89. The zero-order valence-corrected chi connectivity index (χ0v) is 12.8. The van der Waals surface area contributed by atoms with Crippen molar-refractivity contribution in [3.8, 4) is 5.00 Å². The normalized spacial score (nSPS) is 18.6. The predicted octanol–water partition coefficient (Wildman–Crippen LogP) is 3.51. The Kier molecular flexibility index (Phi) is 3.24. The van der Waals surface area contributed by atoms with E-state index in [0.29, 0.717) is 6.10 Å². The van der Waals surface area contributed by atoms with Crippen molar-refractivity contribution in [3.05, 3.63) is 41.2 Å². The third-order valence-electron chi connectivity index (χ3n) is 3.87. The maximum Gasteiger partial charge on any atom is 0.165 e. The Hall–Kier alpha value is -1.72. The molecule has 0 radical (unpaired) electrons. The maximum absolute atomic E-state index is 5.78. The molecule has 4 nitrogen and oxygen atoms in total. The second-order valence-electron chi connectivity index (χ2n) is 5.43. The number of ether oxygens (including phenoxy) is 1. The second-order valence-corrected chi connectivity index (χ2v) is 6.70. The van der Waals surface area contributed by atoms with E-state index in [1.807, 2.05) is 18.3 Å². The smallest absolute Gasteiger partial charge is 0.165 e. The van der Waals surface area contributed by atoms with Crippen molar-refractivity contribution in [3.63, 3.8) is 0 Å². The standard InChI is InChI=1S/C16H17N3OS/c1-11-6-7-15(21-11)19-14(10-12-4-3-9-20-12)18-13-5-2-8-17-16(13)19/h2,5-8,12H,3-4,9-10H2,1H3. The Morgan fingerprint density at radius 1 is 1.38 bits per heavy atom. The molecule has 0 aliphatic carbocycles. The lowest BCUT2D eigenvalue weighted by Gasteiger charge is -2.10. The number of thiophene rings is 1. The zero-order valence-electron chi connectivity index (χ0n) is 12.0. The molecule has 1 unspecified atom stereocenters. The summed E-state index contributed by atoms with van der Waals surface area (Å²) >= 11 is 1.77. The molecule has 5 heteroatoms. The molecule has 0 N–H and O–H groups in total. The highest BCUT2D eigenvalue weighted by Crippen LogP contribution is 2.27. The number of pyridine rings is 1. The first-order valence-corrected chi connectivity index (χ1v) is 8.14. The van der Waals surface area contributed by atoms with Crippen LogP contribution in [0.15, 0.2) is 30.5 Å². The third kappa shape index (κ3) is 2.36. The van der Waals surface area contributed by atoms with Gasteiger partial charge in [0.15, 0.2) is 5.65 Å². The molecule has 4 rings (SSSR count). The molecule has 1 atom stereocenters. The summed E-state index contributed by atoms with van der Waals surface area (Å²) in [6, 6.07) is 8.26. The quantitative estimate of drug-likeness (QED) is 0.743. The highest BCUT2D eigenvalue weighted by atomic mass is 32.1. The monoisotopic (exact) mass is 299 g/mol. The number of hydrogen-bond donors (Lipinski definition) is 0. The summed E-state index contributed by atoms with van der Waals surface area (Å²) in [4.78, 5) is 10.6. The van der Waals surface area contributed by atoms with E-state index in [4.69, 9.17) is 9.72 Å². The minimum absolute atomic E-state index is 0.293. The Bertz CT molecular complexity index is 771. The van der Waals surface area contributed by atoms with Gasteiger partial charge in [-0.05, 0) is 44.0 Å². The molecule has 4 heterocycles. The van der Waals surface area contributed by atoms with Gasteiger partial charge in [-0.25, -0.2) is 9.97 Å². The van der Waals surface area contributed by atoms with Crippen molar-refractivity contribution in [2.24, 2.45) is 0 Å². The molecule has 108 valence electrons. The average Bonchev–Trinajstić information content (AvgIpc) is 3.18. The predicted molar refractivity (Wildman–Crippen MR) is 84.2 cm³/mol. The fourth-order valence-corrected chi connectivity index (χ4v) is 3.76. The number of aryl methyl sites for hydroxylation is 1. The second kappa shape index (κ2) is 5.24. The third-order valence-corrected chi connectivity index (χ3v) is 4.85. The van der Waals surface area contributed by atoms with Gasteiger partial charge in [0.2, 0.25) is 0 Å². The lowest BCUT2D eigenvalue weighted by molar-refractivity contribution is 0.109. The van der Waals surface area contributed by atoms with Gasteiger partial charge in [0.05, 0.1) is 6.10 Å². The average molecular weight is 299 g/mol. The molecule has 3 aromatic heterocycles. The van der Waals surface area contributed by atoms with Gasteiger partial charge in [-0.2, -0.15) is 0 Å². The molecule has 3 aromatic rings. The van der Waals surface area contributed by atoms with Gasteiger partial charge in [-0.1, -0.05) is 0 Å². The number of imidazole rings is 1. The summed E-state index contributed by atoms with van der Waals surface area (Å²) < 4.78 is 7.97. The fraction of sp³-hybridized carbons (Fsp3) is 0.375. The number of nitrogens with zero attached hydrogens (tertiary/aromatic N) is 3. The van der Waals surface area contributed by atoms with Gasteiger partial charge in [0.25, 0.3) is 0 Å². The molecule has 0 bridgehead atoms. The first-order chi connectivity index (χ1) is 10.3. The molecule has 0 saturated carbocycles. The van der Waals surface area contributed by atoms with Crippen LogP contribution in [0, 0.1) is 6.92 Å². The Labute approximate surface area is 127 Å². The van der Waals surface area contributed by atoms with Crippen LogP contribution in [-0.4, -0.2) is 27.2 Å². The topological polar surface area (TPSA) is 39.9 Å². The molecule has 0 aromatic carbocycles. The van der Waals surface area contributed by atoms with Gasteiger partial charge in [-0.15, -0.1) is 11.3 Å². The van der Waals surface area contributed by atoms with Crippen LogP contribution >= 0.6 is 11.3 Å². The van der Waals surface area contributed by atoms with Crippen LogP contribution < -0.4 is 0 Å². The van der Waals surface area contributed by atoms with Gasteiger partial charge >= 0.3 is 0 Å². The highest BCUT2D eigenvalue weighted by molar-refractivity contribution is 7.14. The first-order valence-electron chi connectivity index (χ1n) is 7.32. The first kappa shape index (κ1) is 13.0. The van der Waals surface area contributed by atoms with E-state index in [0.717, 1.165) is 42.9 Å². The number of rotatable bonds is 3. The molecule has 0 amide bonds. The van der Waals surface area contributed by atoms with Gasteiger partial charge in [0.1, 0.15) is 16.3 Å². The fourth-order valence-electron chi connectivity index (χ4n) is 2.88. The largest absolute Gasteiger partial charge is 0.378 e. The van der Waals surface area contributed by atoms with E-state index in [2.05, 4.69) is 28.6 Å². The SMILES string of the molecule is Cc1ccc(-n2c(CC3CCCO3)nc3cccnc32)s1. The van der Waals surface area contributed by atoms with E-state index >= 15 is 0 Å². The summed E-state index contributed by atoms with van der Waals surface area (Å²) in [6.45, 7) is 3.00. The lowest BCUT2D eigenvalue weighted by atomic mass is 10.2. The van der Waals surface area contributed by atoms with Crippen molar-refractivity contribution < 1.29 is 4.74 Å². The molecule has 1 aliphatic rings. The highest BCUT2D eigenvalue weighted by Gasteiger charge is 2.21. The van der Waals surface area contributed by atoms with Crippen molar-refractivity contribution >= 4 is 22.5 Å². The Morgan fingerprint density at radius 3 is 3.10 bits per heavy atom. The van der Waals surface area contributed by atoms with Crippen LogP contribution in [0.4, 0.5) is 0 Å². The van der Waals surface area contributed by atoms with E-state index in [-0.39, 0.29) is 0 Å². The van der Waals surface area contributed by atoms with E-state index < -0.39 is 0 Å². The molecular weight excluding hydrogens is 282 g/mol. The van der Waals surface area contributed by atoms with E-state index in [9.17, 15) is 0 Å². The molecule has 1 fully saturated rings. The van der Waals surface area contributed by atoms with E-state index in [1.54, 1.807) is 11.3 Å². The Balaban J connectivity index is 1.84. The molecule has 1 aliphatic heterocycles. The van der Waals surface area contributed by atoms with Crippen LogP contribution in [-0.2, 0) is 11.2 Å². The van der Waals surface area contributed by atoms with Gasteiger partial charge in [-0.3, -0.25) is 4.57 Å². The molecule has 0 spiro atoms. The molecular formula is C16H17N3OS. The van der Waals surface area contributed by atoms with Crippen molar-refractivity contribution in [1.29, 1.82) is 0 Å². The number of hydrogen-bond acceptors (Lipinski definition) is 4. The summed E-state index contributed by atoms with van der Waals surface area (Å²) in [7, 11) is 0. The van der Waals surface area contributed by atoms with Crippen LogP contribution in [0.1, 0.15) is 23.5 Å². The minimum atomic E-state index is 0.293. The van der Waals surface area contributed by atoms with E-state index in [1.165, 1.54) is 9.88 Å². The van der Waals surface area contributed by atoms with Crippen LogP contribution in [0.3, 0.4) is 0 Å². The number of aromatic nitrogens is 3. The van der Waals surface area contributed by atoms with Crippen molar-refractivity contribution in [2.45, 2.75) is 32.3 Å². The van der Waals surface area contributed by atoms with Crippen LogP contribution in [0.5, 0.6) is 0 Å². The van der Waals surface area contributed by atoms with Gasteiger partial charge < -0.3 is 4.74 Å². The van der Waals surface area contributed by atoms with Gasteiger partial charge in [0, 0.05) is 24.1 Å². The lowest BCUT2D eigenvalue weighted by Crippen LogP contribution is -2.13. The van der Waals surface area contributed by atoms with Crippen molar-refractivity contribution in [1.82, 2.24) is 14.5 Å². The van der Waals surface area contributed by atoms with Crippen LogP contribution in [0.25, 0.3) is 16.2 Å². The number of fused-ring (bicyclic) bond motifs is 1. The summed E-state index contributed by atoms with van der Waals surface area (Å²) in [5.74, 6) is 1.05. The summed E-state index contributed by atoms with van der Waals surface area (Å²) in [5, 5.41) is 1.18.